The molecule has 0 aromatic heterocycles. The molecule has 0 unspecified atom stereocenters. The van der Waals surface area contributed by atoms with Crippen LogP contribution in [0.15, 0.2) is 12.2 Å². The predicted molar refractivity (Wildman–Crippen MR) is 58.0 cm³/mol. The van der Waals surface area contributed by atoms with E-state index in [2.05, 4.69) is 0 Å². The van der Waals surface area contributed by atoms with Gasteiger partial charge in [-0.2, -0.15) is 0 Å². The van der Waals surface area contributed by atoms with Gasteiger partial charge in [-0.1, -0.05) is 0 Å². The number of hydrogen-bond acceptors (Lipinski definition) is 3. The molecule has 0 aromatic rings. The lowest BCUT2D eigenvalue weighted by Crippen LogP contribution is -2.60. The molecule has 0 aliphatic carbocycles. The number of hydrogen-bond donors (Lipinski definition) is 1. The molecule has 0 saturated carbocycles. The summed E-state index contributed by atoms with van der Waals surface area (Å²) in [6.07, 6.45) is 2.39. The number of amides is 3. The highest BCUT2D eigenvalue weighted by atomic mass is 16.2. The third-order valence-electron chi connectivity index (χ3n) is 3.51. The largest absolute Gasteiger partial charge is 0.369 e. The van der Waals surface area contributed by atoms with Gasteiger partial charge in [0.25, 0.3) is 11.8 Å². The Morgan fingerprint density at radius 3 is 1.81 bits per heavy atom. The number of rotatable bonds is 3. The van der Waals surface area contributed by atoms with E-state index in [1.165, 1.54) is 12.2 Å². The molecule has 0 radical (unpaired) electrons. The van der Waals surface area contributed by atoms with Crippen LogP contribution >= 0.6 is 0 Å². The van der Waals surface area contributed by atoms with Gasteiger partial charge >= 0.3 is 0 Å². The molecule has 0 bridgehead atoms. The second-order valence-electron chi connectivity index (χ2n) is 4.89. The maximum atomic E-state index is 11.6. The van der Waals surface area contributed by atoms with Crippen LogP contribution in [0.25, 0.3) is 0 Å². The number of primary amides is 1. The Morgan fingerprint density at radius 2 is 1.50 bits per heavy atom. The lowest BCUT2D eigenvalue weighted by Gasteiger charge is -2.44. The quantitative estimate of drug-likeness (QED) is 0.695. The average Bonchev–Trinajstić information content (AvgIpc) is 2.45. The number of nitrogens with zero attached hydrogens (tertiary/aromatic N) is 1. The van der Waals surface area contributed by atoms with Gasteiger partial charge in [0.05, 0.1) is 11.0 Å². The van der Waals surface area contributed by atoms with E-state index in [0.717, 1.165) is 4.90 Å². The Bertz CT molecular complexity index is 376. The smallest absolute Gasteiger partial charge is 0.254 e. The number of nitrogens with two attached hydrogens (primary N) is 1. The van der Waals surface area contributed by atoms with E-state index in [-0.39, 0.29) is 0 Å². The minimum Gasteiger partial charge on any atom is -0.369 e. The fraction of sp³-hybridized carbons (Fsp3) is 0.545. The van der Waals surface area contributed by atoms with Crippen LogP contribution in [0.1, 0.15) is 27.7 Å². The topological polar surface area (TPSA) is 80.5 Å². The standard InChI is InChI=1S/C11H16N2O3/c1-10(2,9(12)16)11(3,4)13-7(14)5-6-8(13)15/h5-6H,1-4H3,(H2,12,16). The van der Waals surface area contributed by atoms with Gasteiger partial charge in [0.1, 0.15) is 0 Å². The molecule has 0 atom stereocenters. The first-order valence-corrected chi connectivity index (χ1v) is 4.98. The van der Waals surface area contributed by atoms with Crippen LogP contribution in [0, 0.1) is 5.41 Å². The monoisotopic (exact) mass is 224 g/mol. The Kier molecular flexibility index (Phi) is 2.67. The summed E-state index contributed by atoms with van der Waals surface area (Å²) in [5.41, 5.74) is 3.35. The van der Waals surface area contributed by atoms with E-state index < -0.39 is 28.7 Å². The summed E-state index contributed by atoms with van der Waals surface area (Å²) in [5.74, 6) is -1.38. The van der Waals surface area contributed by atoms with E-state index in [0.29, 0.717) is 0 Å². The van der Waals surface area contributed by atoms with Gasteiger partial charge < -0.3 is 5.73 Å². The molecule has 0 aromatic carbocycles. The van der Waals surface area contributed by atoms with Crippen LogP contribution < -0.4 is 5.73 Å². The van der Waals surface area contributed by atoms with Gasteiger partial charge in [-0.05, 0) is 27.7 Å². The lowest BCUT2D eigenvalue weighted by atomic mass is 9.72. The first kappa shape index (κ1) is 12.4. The molecule has 3 amide bonds. The minimum absolute atomic E-state index is 0.413. The Labute approximate surface area is 94.3 Å². The van der Waals surface area contributed by atoms with Crippen molar-refractivity contribution in [3.63, 3.8) is 0 Å². The summed E-state index contributed by atoms with van der Waals surface area (Å²) in [4.78, 5) is 35.6. The molecule has 5 nitrogen and oxygen atoms in total. The van der Waals surface area contributed by atoms with E-state index in [9.17, 15) is 14.4 Å². The van der Waals surface area contributed by atoms with Crippen LogP contribution in [-0.4, -0.2) is 28.2 Å². The molecule has 0 spiro atoms. The van der Waals surface area contributed by atoms with E-state index in [1.807, 2.05) is 0 Å². The van der Waals surface area contributed by atoms with Crippen molar-refractivity contribution in [1.29, 1.82) is 0 Å². The van der Waals surface area contributed by atoms with Gasteiger partial charge in [-0.3, -0.25) is 19.3 Å². The molecule has 0 fully saturated rings. The Morgan fingerprint density at radius 1 is 1.12 bits per heavy atom. The highest BCUT2D eigenvalue weighted by molar-refractivity contribution is 6.13. The molecular weight excluding hydrogens is 208 g/mol. The first-order chi connectivity index (χ1) is 7.12. The number of carbonyl (C=O) groups excluding carboxylic acids is 3. The van der Waals surface area contributed by atoms with E-state index >= 15 is 0 Å². The zero-order chi connectivity index (χ0) is 12.7. The van der Waals surface area contributed by atoms with E-state index in [4.69, 9.17) is 5.73 Å². The molecule has 1 aliphatic heterocycles. The van der Waals surface area contributed by atoms with Crippen LogP contribution in [0.4, 0.5) is 0 Å². The summed E-state index contributed by atoms with van der Waals surface area (Å²) < 4.78 is 0. The summed E-state index contributed by atoms with van der Waals surface area (Å²) in [6.45, 7) is 6.55. The van der Waals surface area contributed by atoms with Gasteiger partial charge in [0.15, 0.2) is 0 Å². The Balaban J connectivity index is 3.17. The maximum Gasteiger partial charge on any atom is 0.254 e. The second-order valence-corrected chi connectivity index (χ2v) is 4.89. The highest BCUT2D eigenvalue weighted by Gasteiger charge is 2.50. The summed E-state index contributed by atoms with van der Waals surface area (Å²) in [5, 5.41) is 0. The van der Waals surface area contributed by atoms with Gasteiger partial charge in [-0.15, -0.1) is 0 Å². The molecule has 2 N–H and O–H groups in total. The number of imide groups is 1. The van der Waals surface area contributed by atoms with E-state index in [1.54, 1.807) is 27.7 Å². The van der Waals surface area contributed by atoms with Crippen molar-refractivity contribution >= 4 is 17.7 Å². The van der Waals surface area contributed by atoms with Gasteiger partial charge in [0, 0.05) is 12.2 Å². The summed E-state index contributed by atoms with van der Waals surface area (Å²) in [7, 11) is 0. The molecule has 0 saturated heterocycles. The maximum absolute atomic E-state index is 11.6. The molecule has 16 heavy (non-hydrogen) atoms. The third kappa shape index (κ3) is 1.52. The second kappa shape index (κ2) is 3.43. The zero-order valence-corrected chi connectivity index (χ0v) is 9.90. The van der Waals surface area contributed by atoms with Crippen molar-refractivity contribution in [1.82, 2.24) is 4.90 Å². The zero-order valence-electron chi connectivity index (χ0n) is 9.90. The SMILES string of the molecule is CC(C)(C(N)=O)C(C)(C)N1C(=O)C=CC1=O. The van der Waals surface area contributed by atoms with Crippen LogP contribution in [0.2, 0.25) is 0 Å². The van der Waals surface area contributed by atoms with Gasteiger partial charge in [0.2, 0.25) is 5.91 Å². The summed E-state index contributed by atoms with van der Waals surface area (Å²) in [6, 6.07) is 0. The van der Waals surface area contributed by atoms with Crippen LogP contribution in [0.5, 0.6) is 0 Å². The molecule has 1 rings (SSSR count). The normalized spacial score (nSPS) is 17.1. The van der Waals surface area contributed by atoms with Gasteiger partial charge in [-0.25, -0.2) is 0 Å². The molecule has 1 heterocycles. The molecule has 5 heteroatoms. The van der Waals surface area contributed by atoms with Crippen LogP contribution in [-0.2, 0) is 14.4 Å². The van der Waals surface area contributed by atoms with Crippen molar-refractivity contribution in [3.05, 3.63) is 12.2 Å². The molecule has 1 aliphatic rings. The fourth-order valence-electron chi connectivity index (χ4n) is 1.53. The average molecular weight is 224 g/mol. The summed E-state index contributed by atoms with van der Waals surface area (Å²) >= 11 is 0. The Hall–Kier alpha value is -1.65. The third-order valence-corrected chi connectivity index (χ3v) is 3.51. The van der Waals surface area contributed by atoms with Crippen molar-refractivity contribution in [2.24, 2.45) is 11.1 Å². The predicted octanol–water partition coefficient (Wildman–Crippen LogP) is 0.201. The van der Waals surface area contributed by atoms with Crippen molar-refractivity contribution in [2.75, 3.05) is 0 Å². The minimum atomic E-state index is -0.996. The van der Waals surface area contributed by atoms with Crippen molar-refractivity contribution in [2.45, 2.75) is 33.2 Å². The van der Waals surface area contributed by atoms with Crippen molar-refractivity contribution < 1.29 is 14.4 Å². The fourth-order valence-corrected chi connectivity index (χ4v) is 1.53. The first-order valence-electron chi connectivity index (χ1n) is 4.98. The van der Waals surface area contributed by atoms with Crippen LogP contribution in [0.3, 0.4) is 0 Å². The molecule has 88 valence electrons. The van der Waals surface area contributed by atoms with Crippen molar-refractivity contribution in [3.8, 4) is 0 Å². The number of carbonyl (C=O) groups is 3. The lowest BCUT2D eigenvalue weighted by molar-refractivity contribution is -0.151. The highest BCUT2D eigenvalue weighted by Crippen LogP contribution is 2.37. The molecular formula is C11H16N2O3.